The van der Waals surface area contributed by atoms with Gasteiger partial charge in [0.05, 0.1) is 11.3 Å². The van der Waals surface area contributed by atoms with E-state index >= 15 is 0 Å². The Balaban J connectivity index is 1.93. The van der Waals surface area contributed by atoms with Crippen LogP contribution in [-0.2, 0) is 0 Å². The van der Waals surface area contributed by atoms with Gasteiger partial charge in [-0.15, -0.1) is 0 Å². The average molecular weight is 274 g/mol. The number of fused-ring (bicyclic) bond motifs is 1. The largest absolute Gasteiger partial charge is 0.478 e. The molecule has 0 spiro atoms. The van der Waals surface area contributed by atoms with Crippen molar-refractivity contribution in [1.82, 2.24) is 4.90 Å². The topological polar surface area (TPSA) is 43.8 Å². The maximum Gasteiger partial charge on any atom is 0.337 e. The van der Waals surface area contributed by atoms with Crippen LogP contribution in [0.3, 0.4) is 0 Å². The third-order valence-electron chi connectivity index (χ3n) is 4.63. The number of hydrogen-bond donors (Lipinski definition) is 1. The molecule has 1 aromatic carbocycles. The summed E-state index contributed by atoms with van der Waals surface area (Å²) >= 11 is 0. The Labute approximate surface area is 120 Å². The molecule has 2 heterocycles. The molecule has 3 rings (SSSR count). The van der Waals surface area contributed by atoms with Gasteiger partial charge in [-0.1, -0.05) is 11.6 Å². The van der Waals surface area contributed by atoms with Crippen molar-refractivity contribution < 1.29 is 9.90 Å². The Morgan fingerprint density at radius 2 is 2.15 bits per heavy atom. The number of aryl methyl sites for hydroxylation is 1. The first-order valence-electron chi connectivity index (χ1n) is 7.41. The number of anilines is 1. The first-order valence-corrected chi connectivity index (χ1v) is 7.41. The summed E-state index contributed by atoms with van der Waals surface area (Å²) in [4.78, 5) is 16.4. The molecule has 2 aliphatic rings. The molecule has 108 valence electrons. The predicted octanol–water partition coefficient (Wildman–Crippen LogP) is 2.37. The van der Waals surface area contributed by atoms with E-state index in [0.717, 1.165) is 24.3 Å². The number of carboxylic acid groups (broad SMARTS) is 1. The number of nitrogens with zero attached hydrogens (tertiary/aromatic N) is 2. The van der Waals surface area contributed by atoms with E-state index in [4.69, 9.17) is 0 Å². The zero-order valence-electron chi connectivity index (χ0n) is 12.2. The highest BCUT2D eigenvalue weighted by Crippen LogP contribution is 2.31. The molecule has 0 radical (unpaired) electrons. The lowest BCUT2D eigenvalue weighted by Gasteiger charge is -2.44. The molecule has 2 saturated heterocycles. The molecule has 2 fully saturated rings. The highest BCUT2D eigenvalue weighted by molar-refractivity contribution is 5.94. The minimum Gasteiger partial charge on any atom is -0.478 e. The molecule has 20 heavy (non-hydrogen) atoms. The molecule has 2 unspecified atom stereocenters. The molecule has 0 aromatic heterocycles. The van der Waals surface area contributed by atoms with Crippen molar-refractivity contribution in [2.24, 2.45) is 0 Å². The molecule has 0 amide bonds. The van der Waals surface area contributed by atoms with Crippen molar-refractivity contribution in [3.63, 3.8) is 0 Å². The van der Waals surface area contributed by atoms with Gasteiger partial charge in [-0.3, -0.25) is 4.90 Å². The van der Waals surface area contributed by atoms with Gasteiger partial charge < -0.3 is 10.0 Å². The smallest absolute Gasteiger partial charge is 0.337 e. The van der Waals surface area contributed by atoms with E-state index in [-0.39, 0.29) is 0 Å². The molecule has 4 heteroatoms. The van der Waals surface area contributed by atoms with Gasteiger partial charge in [0.1, 0.15) is 0 Å². The summed E-state index contributed by atoms with van der Waals surface area (Å²) < 4.78 is 0. The van der Waals surface area contributed by atoms with Crippen LogP contribution >= 0.6 is 0 Å². The van der Waals surface area contributed by atoms with E-state index in [2.05, 4.69) is 16.7 Å². The lowest BCUT2D eigenvalue weighted by Crippen LogP contribution is -2.55. The second-order valence-electron chi connectivity index (χ2n) is 6.12. The van der Waals surface area contributed by atoms with Gasteiger partial charge in [0.25, 0.3) is 0 Å². The first-order chi connectivity index (χ1) is 9.56. The van der Waals surface area contributed by atoms with Gasteiger partial charge in [0, 0.05) is 25.2 Å². The molecule has 2 aliphatic heterocycles. The van der Waals surface area contributed by atoms with Crippen LogP contribution in [-0.4, -0.2) is 47.7 Å². The van der Waals surface area contributed by atoms with Crippen molar-refractivity contribution in [2.45, 2.75) is 38.8 Å². The lowest BCUT2D eigenvalue weighted by atomic mass is 10.0. The van der Waals surface area contributed by atoms with E-state index in [1.807, 2.05) is 19.1 Å². The van der Waals surface area contributed by atoms with Crippen LogP contribution < -0.4 is 4.90 Å². The van der Waals surface area contributed by atoms with E-state index < -0.39 is 5.97 Å². The number of carbonyl (C=O) groups is 1. The van der Waals surface area contributed by atoms with Crippen LogP contribution in [0.1, 0.15) is 35.7 Å². The monoisotopic (exact) mass is 274 g/mol. The van der Waals surface area contributed by atoms with Gasteiger partial charge in [-0.25, -0.2) is 4.79 Å². The van der Waals surface area contributed by atoms with Crippen LogP contribution in [0.15, 0.2) is 18.2 Å². The molecule has 0 bridgehead atoms. The van der Waals surface area contributed by atoms with E-state index in [0.29, 0.717) is 17.6 Å². The molecule has 1 N–H and O–H groups in total. The second-order valence-corrected chi connectivity index (χ2v) is 6.12. The van der Waals surface area contributed by atoms with Crippen molar-refractivity contribution in [2.75, 3.05) is 24.5 Å². The summed E-state index contributed by atoms with van der Waals surface area (Å²) in [6, 6.07) is 6.72. The maximum atomic E-state index is 11.5. The molecule has 4 nitrogen and oxygen atoms in total. The van der Waals surface area contributed by atoms with Gasteiger partial charge in [0.15, 0.2) is 0 Å². The van der Waals surface area contributed by atoms with Gasteiger partial charge in [-0.2, -0.15) is 0 Å². The molecule has 0 saturated carbocycles. The fraction of sp³-hybridized carbons (Fsp3) is 0.562. The Hall–Kier alpha value is -1.55. The third kappa shape index (κ3) is 2.29. The highest BCUT2D eigenvalue weighted by Gasteiger charge is 2.35. The fourth-order valence-corrected chi connectivity index (χ4v) is 3.59. The average Bonchev–Trinajstić information content (AvgIpc) is 2.85. The number of hydrogen-bond acceptors (Lipinski definition) is 3. The Morgan fingerprint density at radius 1 is 1.35 bits per heavy atom. The summed E-state index contributed by atoms with van der Waals surface area (Å²) in [5.41, 5.74) is 2.31. The van der Waals surface area contributed by atoms with E-state index in [9.17, 15) is 9.90 Å². The number of aromatic carboxylic acids is 1. The number of benzene rings is 1. The summed E-state index contributed by atoms with van der Waals surface area (Å²) in [5.74, 6) is -0.829. The molecular formula is C16H22N2O2. The Kier molecular flexibility index (Phi) is 3.42. The van der Waals surface area contributed by atoms with Crippen molar-refractivity contribution >= 4 is 11.7 Å². The standard InChI is InChI=1S/C16H22N2O2/c1-11-5-6-15(14(8-11)16(19)20)18-10-13-4-3-7-17(13)9-12(18)2/h5-6,8,12-13H,3-4,7,9-10H2,1-2H3,(H,19,20). The van der Waals surface area contributed by atoms with Crippen molar-refractivity contribution in [1.29, 1.82) is 0 Å². The summed E-state index contributed by atoms with van der Waals surface area (Å²) in [7, 11) is 0. The van der Waals surface area contributed by atoms with Gasteiger partial charge in [0.2, 0.25) is 0 Å². The number of carboxylic acids is 1. The van der Waals surface area contributed by atoms with Crippen molar-refractivity contribution in [3.8, 4) is 0 Å². The Bertz CT molecular complexity index is 529. The first kappa shape index (κ1) is 13.4. The van der Waals surface area contributed by atoms with Gasteiger partial charge in [-0.05, 0) is 45.4 Å². The van der Waals surface area contributed by atoms with Crippen LogP contribution in [0.25, 0.3) is 0 Å². The summed E-state index contributed by atoms with van der Waals surface area (Å²) in [6.07, 6.45) is 2.50. The van der Waals surface area contributed by atoms with Crippen LogP contribution in [0.2, 0.25) is 0 Å². The zero-order valence-corrected chi connectivity index (χ0v) is 12.2. The lowest BCUT2D eigenvalue weighted by molar-refractivity contribution is 0.0697. The normalized spacial score (nSPS) is 26.6. The maximum absolute atomic E-state index is 11.5. The van der Waals surface area contributed by atoms with Crippen LogP contribution in [0.5, 0.6) is 0 Å². The van der Waals surface area contributed by atoms with Crippen molar-refractivity contribution in [3.05, 3.63) is 29.3 Å². The third-order valence-corrected chi connectivity index (χ3v) is 4.63. The van der Waals surface area contributed by atoms with Crippen LogP contribution in [0, 0.1) is 6.92 Å². The van der Waals surface area contributed by atoms with Crippen LogP contribution in [0.4, 0.5) is 5.69 Å². The van der Waals surface area contributed by atoms with Gasteiger partial charge >= 0.3 is 5.97 Å². The highest BCUT2D eigenvalue weighted by atomic mass is 16.4. The molecule has 0 aliphatic carbocycles. The summed E-state index contributed by atoms with van der Waals surface area (Å²) in [6.45, 7) is 7.32. The molecule has 2 atom stereocenters. The Morgan fingerprint density at radius 3 is 2.90 bits per heavy atom. The predicted molar refractivity (Wildman–Crippen MR) is 79.5 cm³/mol. The second kappa shape index (κ2) is 5.09. The molecular weight excluding hydrogens is 252 g/mol. The van der Waals surface area contributed by atoms with E-state index in [1.165, 1.54) is 19.4 Å². The quantitative estimate of drug-likeness (QED) is 0.899. The zero-order chi connectivity index (χ0) is 14.3. The minimum atomic E-state index is -0.829. The SMILES string of the molecule is Cc1ccc(N2CC3CCCN3CC2C)c(C(=O)O)c1. The fourth-order valence-electron chi connectivity index (χ4n) is 3.59. The number of piperazine rings is 1. The van der Waals surface area contributed by atoms with E-state index in [1.54, 1.807) is 6.07 Å². The minimum absolute atomic E-state index is 0.366. The number of rotatable bonds is 2. The summed E-state index contributed by atoms with van der Waals surface area (Å²) in [5, 5.41) is 9.46. The molecule has 1 aromatic rings.